The number of carbonyl (C=O) groups is 2. The van der Waals surface area contributed by atoms with Crippen LogP contribution in [0.2, 0.25) is 0 Å². The molecule has 0 bridgehead atoms. The summed E-state index contributed by atoms with van der Waals surface area (Å²) in [5, 5.41) is 13.4. The highest BCUT2D eigenvalue weighted by Gasteiger charge is 2.13. The fourth-order valence-electron chi connectivity index (χ4n) is 1.75. The van der Waals surface area contributed by atoms with Crippen LogP contribution in [0.25, 0.3) is 0 Å². The van der Waals surface area contributed by atoms with Gasteiger partial charge in [0.1, 0.15) is 5.01 Å². The molecule has 1 atom stereocenters. The summed E-state index contributed by atoms with van der Waals surface area (Å²) in [5.41, 5.74) is 6.85. The van der Waals surface area contributed by atoms with Gasteiger partial charge in [0.05, 0.1) is 6.54 Å². The van der Waals surface area contributed by atoms with Crippen LogP contribution < -0.4 is 11.1 Å². The molecule has 2 aromatic rings. The van der Waals surface area contributed by atoms with Crippen LogP contribution in [0.1, 0.15) is 33.5 Å². The molecular weight excluding hydrogens is 290 g/mol. The maximum Gasteiger partial charge on any atom is 0.355 e. The maximum atomic E-state index is 11.8. The molecule has 4 N–H and O–H groups in total. The van der Waals surface area contributed by atoms with Crippen molar-refractivity contribution < 1.29 is 14.7 Å². The van der Waals surface area contributed by atoms with Crippen molar-refractivity contribution in [1.29, 1.82) is 0 Å². The average Bonchev–Trinajstić information content (AvgIpc) is 2.95. The number of carboxylic acid groups (broad SMARTS) is 1. The van der Waals surface area contributed by atoms with E-state index in [0.717, 1.165) is 5.56 Å². The molecule has 1 unspecified atom stereocenters. The average molecular weight is 305 g/mol. The molecular formula is C14H15N3O3S. The van der Waals surface area contributed by atoms with E-state index in [0.29, 0.717) is 5.01 Å². The second-order valence-corrected chi connectivity index (χ2v) is 5.37. The SMILES string of the molecule is NC(CC(=O)NCc1nc(C(=O)O)cs1)c1ccccc1. The van der Waals surface area contributed by atoms with Gasteiger partial charge >= 0.3 is 5.97 Å². The first-order chi connectivity index (χ1) is 10.1. The number of nitrogens with zero attached hydrogens (tertiary/aromatic N) is 1. The van der Waals surface area contributed by atoms with E-state index >= 15 is 0 Å². The van der Waals surface area contributed by atoms with Crippen molar-refractivity contribution in [1.82, 2.24) is 10.3 Å². The van der Waals surface area contributed by atoms with E-state index in [4.69, 9.17) is 10.8 Å². The third-order valence-electron chi connectivity index (χ3n) is 2.84. The van der Waals surface area contributed by atoms with Gasteiger partial charge in [0.25, 0.3) is 0 Å². The highest BCUT2D eigenvalue weighted by Crippen LogP contribution is 2.13. The standard InChI is InChI=1S/C14H15N3O3S/c15-10(9-4-2-1-3-5-9)6-12(18)16-7-13-17-11(8-21-13)14(19)20/h1-5,8,10H,6-7,15H2,(H,16,18)(H,19,20). The van der Waals surface area contributed by atoms with Gasteiger partial charge in [0, 0.05) is 17.8 Å². The second kappa shape index (κ2) is 6.96. The van der Waals surface area contributed by atoms with Crippen molar-refractivity contribution in [2.75, 3.05) is 0 Å². The molecule has 110 valence electrons. The lowest BCUT2D eigenvalue weighted by molar-refractivity contribution is -0.121. The van der Waals surface area contributed by atoms with Crippen LogP contribution in [0, 0.1) is 0 Å². The molecule has 0 aliphatic heterocycles. The summed E-state index contributed by atoms with van der Waals surface area (Å²) < 4.78 is 0. The lowest BCUT2D eigenvalue weighted by atomic mass is 10.0. The topological polar surface area (TPSA) is 105 Å². The zero-order valence-corrected chi connectivity index (χ0v) is 12.0. The lowest BCUT2D eigenvalue weighted by Gasteiger charge is -2.11. The summed E-state index contributed by atoms with van der Waals surface area (Å²) >= 11 is 1.20. The predicted octanol–water partition coefficient (Wildman–Crippen LogP) is 1.55. The second-order valence-electron chi connectivity index (χ2n) is 4.43. The highest BCUT2D eigenvalue weighted by atomic mass is 32.1. The molecule has 0 aliphatic carbocycles. The summed E-state index contributed by atoms with van der Waals surface area (Å²) in [6.45, 7) is 0.207. The molecule has 2 rings (SSSR count). The Bertz CT molecular complexity index is 627. The van der Waals surface area contributed by atoms with Crippen molar-refractivity contribution in [2.24, 2.45) is 5.73 Å². The maximum absolute atomic E-state index is 11.8. The van der Waals surface area contributed by atoms with Crippen LogP contribution >= 0.6 is 11.3 Å². The Kier molecular flexibility index (Phi) is 5.02. The minimum absolute atomic E-state index is 0.00904. The fourth-order valence-corrected chi connectivity index (χ4v) is 2.46. The number of nitrogens with two attached hydrogens (primary N) is 1. The number of thiazole rings is 1. The third-order valence-corrected chi connectivity index (χ3v) is 3.69. The Morgan fingerprint density at radius 3 is 2.67 bits per heavy atom. The smallest absolute Gasteiger partial charge is 0.355 e. The molecule has 1 aromatic heterocycles. The van der Waals surface area contributed by atoms with Crippen molar-refractivity contribution >= 4 is 23.2 Å². The largest absolute Gasteiger partial charge is 0.476 e. The van der Waals surface area contributed by atoms with Crippen molar-refractivity contribution in [2.45, 2.75) is 19.0 Å². The van der Waals surface area contributed by atoms with Gasteiger partial charge in [-0.2, -0.15) is 0 Å². The number of hydrogen-bond donors (Lipinski definition) is 3. The van der Waals surface area contributed by atoms with E-state index < -0.39 is 5.97 Å². The molecule has 0 fully saturated rings. The van der Waals surface area contributed by atoms with Gasteiger partial charge in [-0.15, -0.1) is 11.3 Å². The monoisotopic (exact) mass is 305 g/mol. The van der Waals surface area contributed by atoms with Gasteiger partial charge in [0.2, 0.25) is 5.91 Å². The molecule has 1 heterocycles. The van der Waals surface area contributed by atoms with Crippen molar-refractivity contribution in [3.05, 3.63) is 52.0 Å². The molecule has 0 saturated carbocycles. The number of benzene rings is 1. The summed E-state index contributed by atoms with van der Waals surface area (Å²) in [5.74, 6) is -1.27. The van der Waals surface area contributed by atoms with Crippen LogP contribution in [0.5, 0.6) is 0 Å². The van der Waals surface area contributed by atoms with E-state index in [2.05, 4.69) is 10.3 Å². The predicted molar refractivity (Wildman–Crippen MR) is 78.9 cm³/mol. The number of carbonyl (C=O) groups excluding carboxylic acids is 1. The third kappa shape index (κ3) is 4.37. The molecule has 1 aromatic carbocycles. The molecule has 0 aliphatic rings. The number of amides is 1. The normalized spacial score (nSPS) is 11.9. The first-order valence-corrected chi connectivity index (χ1v) is 7.19. The summed E-state index contributed by atoms with van der Waals surface area (Å²) in [4.78, 5) is 26.4. The lowest BCUT2D eigenvalue weighted by Crippen LogP contribution is -2.27. The Hall–Kier alpha value is -2.25. The summed E-state index contributed by atoms with van der Waals surface area (Å²) in [6, 6.07) is 9.01. The Morgan fingerprint density at radius 1 is 1.33 bits per heavy atom. The van der Waals surface area contributed by atoms with E-state index in [1.165, 1.54) is 16.7 Å². The Balaban J connectivity index is 1.83. The number of carboxylic acids is 1. The molecule has 6 nitrogen and oxygen atoms in total. The zero-order chi connectivity index (χ0) is 15.2. The number of hydrogen-bond acceptors (Lipinski definition) is 5. The Morgan fingerprint density at radius 2 is 2.05 bits per heavy atom. The number of aromatic carboxylic acids is 1. The molecule has 0 saturated heterocycles. The quantitative estimate of drug-likeness (QED) is 0.751. The van der Waals surface area contributed by atoms with Gasteiger partial charge in [-0.3, -0.25) is 4.79 Å². The molecule has 21 heavy (non-hydrogen) atoms. The minimum atomic E-state index is -1.07. The number of rotatable bonds is 6. The molecule has 0 radical (unpaired) electrons. The van der Waals surface area contributed by atoms with Gasteiger partial charge in [-0.05, 0) is 5.56 Å². The molecule has 0 spiro atoms. The first kappa shape index (κ1) is 15.1. The minimum Gasteiger partial charge on any atom is -0.476 e. The zero-order valence-electron chi connectivity index (χ0n) is 11.2. The fraction of sp³-hybridized carbons (Fsp3) is 0.214. The number of nitrogens with one attached hydrogen (secondary N) is 1. The van der Waals surface area contributed by atoms with Crippen LogP contribution in [-0.2, 0) is 11.3 Å². The van der Waals surface area contributed by atoms with Gasteiger partial charge in [-0.25, -0.2) is 9.78 Å². The first-order valence-electron chi connectivity index (χ1n) is 6.31. The van der Waals surface area contributed by atoms with Crippen LogP contribution in [-0.4, -0.2) is 22.0 Å². The van der Waals surface area contributed by atoms with E-state index in [-0.39, 0.29) is 30.6 Å². The van der Waals surface area contributed by atoms with E-state index in [1.54, 1.807) is 0 Å². The van der Waals surface area contributed by atoms with Crippen molar-refractivity contribution in [3.63, 3.8) is 0 Å². The molecule has 7 heteroatoms. The number of aromatic nitrogens is 1. The Labute approximate surface area is 125 Å². The van der Waals surface area contributed by atoms with E-state index in [1.807, 2.05) is 30.3 Å². The van der Waals surface area contributed by atoms with Gasteiger partial charge in [-0.1, -0.05) is 30.3 Å². The highest BCUT2D eigenvalue weighted by molar-refractivity contribution is 7.09. The van der Waals surface area contributed by atoms with Gasteiger partial charge < -0.3 is 16.2 Å². The van der Waals surface area contributed by atoms with Gasteiger partial charge in [0.15, 0.2) is 5.69 Å². The van der Waals surface area contributed by atoms with Crippen molar-refractivity contribution in [3.8, 4) is 0 Å². The molecule has 1 amide bonds. The van der Waals surface area contributed by atoms with Crippen LogP contribution in [0.15, 0.2) is 35.7 Å². The van der Waals surface area contributed by atoms with E-state index in [9.17, 15) is 9.59 Å². The summed E-state index contributed by atoms with van der Waals surface area (Å²) in [6.07, 6.45) is 0.168. The van der Waals surface area contributed by atoms with Crippen LogP contribution in [0.4, 0.5) is 0 Å². The van der Waals surface area contributed by atoms with Crippen LogP contribution in [0.3, 0.4) is 0 Å². The summed E-state index contributed by atoms with van der Waals surface area (Å²) in [7, 11) is 0.